The minimum absolute atomic E-state index is 0.673. The second kappa shape index (κ2) is 3.72. The lowest BCUT2D eigenvalue weighted by molar-refractivity contribution is 0.942. The third-order valence-corrected chi connectivity index (χ3v) is 2.86. The summed E-state index contributed by atoms with van der Waals surface area (Å²) < 4.78 is 0. The molecule has 1 aliphatic rings. The molecular formula is C14H14. The van der Waals surface area contributed by atoms with Crippen molar-refractivity contribution in [3.05, 3.63) is 59.5 Å². The first-order chi connectivity index (χ1) is 6.83. The van der Waals surface area contributed by atoms with Gasteiger partial charge in [-0.25, -0.2) is 0 Å². The highest BCUT2D eigenvalue weighted by molar-refractivity contribution is 5.30. The van der Waals surface area contributed by atoms with Crippen LogP contribution in [0.2, 0.25) is 0 Å². The van der Waals surface area contributed by atoms with Gasteiger partial charge in [0.25, 0.3) is 0 Å². The van der Waals surface area contributed by atoms with E-state index in [9.17, 15) is 0 Å². The van der Waals surface area contributed by atoms with Gasteiger partial charge < -0.3 is 0 Å². The van der Waals surface area contributed by atoms with Gasteiger partial charge in [-0.05, 0) is 42.9 Å². The van der Waals surface area contributed by atoms with Crippen molar-refractivity contribution in [2.24, 2.45) is 5.92 Å². The molecule has 14 heavy (non-hydrogen) atoms. The van der Waals surface area contributed by atoms with Crippen LogP contribution in [0.3, 0.4) is 0 Å². The van der Waals surface area contributed by atoms with Crippen LogP contribution in [0.5, 0.6) is 0 Å². The standard InChI is InChI=1S/C14H14/c1-3-7-11(2)13-10-14(13)12-8-5-4-6-9-12/h4-6,8-9,13-14H,1,10H2,2H3. The highest BCUT2D eigenvalue weighted by Crippen LogP contribution is 2.51. The Labute approximate surface area is 85.3 Å². The van der Waals surface area contributed by atoms with Crippen molar-refractivity contribution < 1.29 is 0 Å². The molecule has 0 aliphatic heterocycles. The second-order valence-corrected chi connectivity index (χ2v) is 3.84. The Bertz CT molecular complexity index is 401. The van der Waals surface area contributed by atoms with Gasteiger partial charge in [-0.1, -0.05) is 41.8 Å². The van der Waals surface area contributed by atoms with Crippen LogP contribution < -0.4 is 0 Å². The van der Waals surface area contributed by atoms with E-state index < -0.39 is 0 Å². The van der Waals surface area contributed by atoms with Crippen LogP contribution >= 0.6 is 0 Å². The van der Waals surface area contributed by atoms with E-state index in [4.69, 9.17) is 0 Å². The van der Waals surface area contributed by atoms with E-state index in [1.165, 1.54) is 17.6 Å². The van der Waals surface area contributed by atoms with Crippen LogP contribution in [-0.4, -0.2) is 0 Å². The molecule has 1 aromatic carbocycles. The van der Waals surface area contributed by atoms with E-state index in [1.807, 2.05) is 0 Å². The fraction of sp³-hybridized carbons (Fsp3) is 0.286. The number of hydrogen-bond acceptors (Lipinski definition) is 0. The monoisotopic (exact) mass is 182 g/mol. The van der Waals surface area contributed by atoms with Crippen LogP contribution in [0.4, 0.5) is 0 Å². The molecule has 1 aliphatic carbocycles. The van der Waals surface area contributed by atoms with Gasteiger partial charge in [-0.15, -0.1) is 0 Å². The molecule has 0 radical (unpaired) electrons. The Hall–Kier alpha value is -1.48. The van der Waals surface area contributed by atoms with Crippen molar-refractivity contribution in [3.63, 3.8) is 0 Å². The zero-order valence-corrected chi connectivity index (χ0v) is 8.46. The van der Waals surface area contributed by atoms with E-state index in [-0.39, 0.29) is 0 Å². The Balaban J connectivity index is 2.14. The summed E-state index contributed by atoms with van der Waals surface area (Å²) >= 11 is 0. The molecule has 1 fully saturated rings. The lowest BCUT2D eigenvalue weighted by Crippen LogP contribution is -1.83. The number of hydrogen-bond donors (Lipinski definition) is 0. The van der Waals surface area contributed by atoms with Crippen molar-refractivity contribution in [1.82, 2.24) is 0 Å². The summed E-state index contributed by atoms with van der Waals surface area (Å²) in [7, 11) is 0. The van der Waals surface area contributed by atoms with Gasteiger partial charge in [0.05, 0.1) is 0 Å². The smallest absolute Gasteiger partial charge is 0.00484 e. The first-order valence-electron chi connectivity index (χ1n) is 4.99. The van der Waals surface area contributed by atoms with Crippen LogP contribution in [0, 0.1) is 5.92 Å². The molecule has 0 nitrogen and oxygen atoms in total. The van der Waals surface area contributed by atoms with E-state index in [2.05, 4.69) is 55.3 Å². The molecule has 0 amide bonds. The normalized spacial score (nSPS) is 23.5. The first kappa shape index (κ1) is 9.09. The van der Waals surface area contributed by atoms with Gasteiger partial charge in [0.1, 0.15) is 0 Å². The summed E-state index contributed by atoms with van der Waals surface area (Å²) in [6, 6.07) is 10.7. The van der Waals surface area contributed by atoms with E-state index in [0.717, 1.165) is 0 Å². The van der Waals surface area contributed by atoms with Crippen LogP contribution in [-0.2, 0) is 0 Å². The van der Waals surface area contributed by atoms with E-state index in [0.29, 0.717) is 11.8 Å². The SMILES string of the molecule is C=C=C=C(C)C1CC1c1ccccc1. The van der Waals surface area contributed by atoms with Crippen molar-refractivity contribution in [1.29, 1.82) is 0 Å². The van der Waals surface area contributed by atoms with Crippen LogP contribution in [0.1, 0.15) is 24.8 Å². The van der Waals surface area contributed by atoms with Gasteiger partial charge in [0.2, 0.25) is 0 Å². The number of allylic oxidation sites excluding steroid dienone is 1. The maximum absolute atomic E-state index is 3.55. The topological polar surface area (TPSA) is 0 Å². The predicted molar refractivity (Wildman–Crippen MR) is 59.1 cm³/mol. The molecule has 1 saturated carbocycles. The molecule has 2 unspecified atom stereocenters. The van der Waals surface area contributed by atoms with Crippen molar-refractivity contribution in [2.45, 2.75) is 19.3 Å². The molecule has 1 aromatic rings. The van der Waals surface area contributed by atoms with Crippen LogP contribution in [0.15, 0.2) is 53.9 Å². The van der Waals surface area contributed by atoms with Gasteiger partial charge in [0, 0.05) is 0 Å². The molecule has 2 rings (SSSR count). The van der Waals surface area contributed by atoms with Gasteiger partial charge >= 0.3 is 0 Å². The Morgan fingerprint density at radius 2 is 2.07 bits per heavy atom. The van der Waals surface area contributed by atoms with E-state index >= 15 is 0 Å². The molecule has 0 bridgehead atoms. The highest BCUT2D eigenvalue weighted by Gasteiger charge is 2.39. The Morgan fingerprint density at radius 3 is 2.71 bits per heavy atom. The molecule has 0 N–H and O–H groups in total. The minimum atomic E-state index is 0.673. The average Bonchev–Trinajstić information content (AvgIpc) is 2.99. The second-order valence-electron chi connectivity index (χ2n) is 3.84. The predicted octanol–water partition coefficient (Wildman–Crippen LogP) is 3.68. The molecule has 0 spiro atoms. The summed E-state index contributed by atoms with van der Waals surface area (Å²) in [5.41, 5.74) is 8.52. The summed E-state index contributed by atoms with van der Waals surface area (Å²) in [6.45, 7) is 5.67. The van der Waals surface area contributed by atoms with Gasteiger partial charge in [-0.2, -0.15) is 0 Å². The molecule has 0 aromatic heterocycles. The lowest BCUT2D eigenvalue weighted by Gasteiger charge is -1.98. The minimum Gasteiger partial charge on any atom is -0.0782 e. The fourth-order valence-electron chi connectivity index (χ4n) is 1.97. The maximum Gasteiger partial charge on any atom is -0.00484 e. The number of rotatable bonds is 2. The molecular weight excluding hydrogens is 168 g/mol. The Kier molecular flexibility index (Phi) is 2.41. The molecule has 0 heterocycles. The zero-order chi connectivity index (χ0) is 9.97. The summed E-state index contributed by atoms with van der Waals surface area (Å²) in [6.07, 6.45) is 1.25. The fourth-order valence-corrected chi connectivity index (χ4v) is 1.97. The van der Waals surface area contributed by atoms with Gasteiger partial charge in [-0.3, -0.25) is 0 Å². The molecule has 0 heteroatoms. The van der Waals surface area contributed by atoms with Crippen molar-refractivity contribution in [2.75, 3.05) is 0 Å². The summed E-state index contributed by atoms with van der Waals surface area (Å²) in [5, 5.41) is 0. The highest BCUT2D eigenvalue weighted by atomic mass is 14.4. The van der Waals surface area contributed by atoms with Crippen LogP contribution in [0.25, 0.3) is 0 Å². The molecule has 2 atom stereocenters. The summed E-state index contributed by atoms with van der Waals surface area (Å²) in [5.74, 6) is 1.38. The van der Waals surface area contributed by atoms with Gasteiger partial charge in [0.15, 0.2) is 0 Å². The molecule has 70 valence electrons. The summed E-state index contributed by atoms with van der Waals surface area (Å²) in [4.78, 5) is 0. The lowest BCUT2D eigenvalue weighted by atomic mass is 10.1. The Morgan fingerprint density at radius 1 is 1.36 bits per heavy atom. The zero-order valence-electron chi connectivity index (χ0n) is 8.46. The molecule has 0 saturated heterocycles. The number of benzene rings is 1. The van der Waals surface area contributed by atoms with E-state index in [1.54, 1.807) is 0 Å². The third-order valence-electron chi connectivity index (χ3n) is 2.86. The maximum atomic E-state index is 3.55. The first-order valence-corrected chi connectivity index (χ1v) is 4.99. The van der Waals surface area contributed by atoms with Crippen molar-refractivity contribution >= 4 is 0 Å². The average molecular weight is 182 g/mol. The third kappa shape index (κ3) is 1.72. The quantitative estimate of drug-likeness (QED) is 0.612. The van der Waals surface area contributed by atoms with Crippen molar-refractivity contribution in [3.8, 4) is 0 Å². The largest absolute Gasteiger partial charge is 0.0782 e.